The van der Waals surface area contributed by atoms with Crippen LogP contribution in [-0.4, -0.2) is 29.9 Å². The molecule has 0 spiro atoms. The molecule has 0 aliphatic rings. The van der Waals surface area contributed by atoms with E-state index in [2.05, 4.69) is 5.32 Å². The topological polar surface area (TPSA) is 95.6 Å². The van der Waals surface area contributed by atoms with Gasteiger partial charge in [0.2, 0.25) is 0 Å². The number of fused-ring (bicyclic) bond motifs is 1. The van der Waals surface area contributed by atoms with Crippen molar-refractivity contribution < 1.29 is 14.3 Å². The van der Waals surface area contributed by atoms with Crippen LogP contribution >= 0.6 is 0 Å². The lowest BCUT2D eigenvalue weighted by Crippen LogP contribution is -2.36. The van der Waals surface area contributed by atoms with Crippen molar-refractivity contribution >= 4 is 16.9 Å². The van der Waals surface area contributed by atoms with Gasteiger partial charge in [0.1, 0.15) is 11.4 Å². The molecule has 0 atom stereocenters. The molecule has 0 radical (unpaired) electrons. The number of rotatable bonds is 6. The summed E-state index contributed by atoms with van der Waals surface area (Å²) in [5.74, 6) is 0.663. The van der Waals surface area contributed by atoms with Crippen LogP contribution in [-0.2, 0) is 17.8 Å². The molecule has 7 nitrogen and oxygen atoms in total. The van der Waals surface area contributed by atoms with E-state index >= 15 is 0 Å². The molecule has 7 heteroatoms. The van der Waals surface area contributed by atoms with Crippen LogP contribution in [0.2, 0.25) is 0 Å². The Bertz CT molecular complexity index is 1130. The van der Waals surface area contributed by atoms with E-state index < -0.39 is 11.7 Å². The van der Waals surface area contributed by atoms with Gasteiger partial charge in [-0.2, -0.15) is 0 Å². The Morgan fingerprint density at radius 2 is 1.81 bits per heavy atom. The van der Waals surface area contributed by atoms with Gasteiger partial charge in [-0.05, 0) is 44.5 Å². The van der Waals surface area contributed by atoms with E-state index in [9.17, 15) is 9.59 Å². The Labute approximate surface area is 181 Å². The molecular formula is C24H29N3O4. The lowest BCUT2D eigenvalue weighted by Gasteiger charge is -2.21. The minimum Gasteiger partial charge on any atom is -0.497 e. The highest BCUT2D eigenvalue weighted by Gasteiger charge is 2.19. The first-order valence-corrected chi connectivity index (χ1v) is 10.2. The smallest absolute Gasteiger partial charge is 0.407 e. The Hall–Kier alpha value is -3.32. The predicted octanol–water partition coefficient (Wildman–Crippen LogP) is 3.66. The fourth-order valence-electron chi connectivity index (χ4n) is 3.56. The van der Waals surface area contributed by atoms with Gasteiger partial charge in [-0.25, -0.2) is 4.79 Å². The number of ether oxygens (including phenoxy) is 2. The van der Waals surface area contributed by atoms with Crippen molar-refractivity contribution in [1.29, 1.82) is 0 Å². The Kier molecular flexibility index (Phi) is 6.65. The highest BCUT2D eigenvalue weighted by Crippen LogP contribution is 2.32. The second kappa shape index (κ2) is 9.22. The van der Waals surface area contributed by atoms with E-state index in [1.807, 2.05) is 36.4 Å². The van der Waals surface area contributed by atoms with E-state index in [4.69, 9.17) is 15.2 Å². The molecular weight excluding hydrogens is 394 g/mol. The predicted molar refractivity (Wildman–Crippen MR) is 122 cm³/mol. The Morgan fingerprint density at radius 3 is 2.42 bits per heavy atom. The third kappa shape index (κ3) is 5.06. The number of carbonyl (C=O) groups excluding carboxylic acids is 1. The fourth-order valence-corrected chi connectivity index (χ4v) is 3.56. The number of nitrogens with one attached hydrogen (secondary N) is 1. The molecule has 31 heavy (non-hydrogen) atoms. The SMILES string of the molecule is COc1ccc2c(=O)n(CCNC(=O)OC(C)(C)C)c(CN)c(-c3ccccc3)c2c1. The maximum absolute atomic E-state index is 13.3. The molecule has 0 unspecified atom stereocenters. The summed E-state index contributed by atoms with van der Waals surface area (Å²) >= 11 is 0. The zero-order valence-corrected chi connectivity index (χ0v) is 18.4. The monoisotopic (exact) mass is 423 g/mol. The zero-order valence-electron chi connectivity index (χ0n) is 18.4. The van der Waals surface area contributed by atoms with E-state index in [1.54, 1.807) is 44.6 Å². The second-order valence-electron chi connectivity index (χ2n) is 8.19. The summed E-state index contributed by atoms with van der Waals surface area (Å²) in [5.41, 5.74) is 7.91. The summed E-state index contributed by atoms with van der Waals surface area (Å²) in [5, 5.41) is 4.06. The van der Waals surface area contributed by atoms with Crippen LogP contribution in [0.3, 0.4) is 0 Å². The van der Waals surface area contributed by atoms with E-state index in [-0.39, 0.29) is 25.2 Å². The number of carbonyl (C=O) groups is 1. The third-order valence-electron chi connectivity index (χ3n) is 4.85. The number of alkyl carbamates (subject to hydrolysis) is 1. The van der Waals surface area contributed by atoms with Gasteiger partial charge in [-0.15, -0.1) is 0 Å². The molecule has 0 fully saturated rings. The maximum Gasteiger partial charge on any atom is 0.407 e. The molecule has 3 rings (SSSR count). The Balaban J connectivity index is 2.09. The van der Waals surface area contributed by atoms with Gasteiger partial charge in [0.25, 0.3) is 5.56 Å². The summed E-state index contributed by atoms with van der Waals surface area (Å²) in [6.07, 6.45) is -0.524. The van der Waals surface area contributed by atoms with Crippen molar-refractivity contribution in [2.24, 2.45) is 5.73 Å². The fraction of sp³-hybridized carbons (Fsp3) is 0.333. The molecule has 1 aromatic heterocycles. The largest absolute Gasteiger partial charge is 0.497 e. The lowest BCUT2D eigenvalue weighted by atomic mass is 9.96. The molecule has 1 heterocycles. The van der Waals surface area contributed by atoms with Gasteiger partial charge in [0, 0.05) is 41.7 Å². The zero-order chi connectivity index (χ0) is 22.6. The van der Waals surface area contributed by atoms with Crippen molar-refractivity contribution in [2.45, 2.75) is 39.5 Å². The molecule has 0 saturated carbocycles. The van der Waals surface area contributed by atoms with Gasteiger partial charge in [-0.3, -0.25) is 4.79 Å². The molecule has 3 N–H and O–H groups in total. The minimum atomic E-state index is -0.591. The molecule has 3 aromatic rings. The van der Waals surface area contributed by atoms with Crippen LogP contribution in [0.5, 0.6) is 5.75 Å². The van der Waals surface area contributed by atoms with E-state index in [0.29, 0.717) is 16.8 Å². The van der Waals surface area contributed by atoms with E-state index in [1.165, 1.54) is 0 Å². The summed E-state index contributed by atoms with van der Waals surface area (Å²) in [7, 11) is 1.59. The number of pyridine rings is 1. The first kappa shape index (κ1) is 22.4. The standard InChI is InChI=1S/C24H29N3O4/c1-24(2,3)31-23(29)26-12-13-27-20(15-25)21(16-8-6-5-7-9-16)19-14-17(30-4)10-11-18(19)22(27)28/h5-11,14H,12-13,15,25H2,1-4H3,(H,26,29). The molecule has 164 valence electrons. The first-order chi connectivity index (χ1) is 14.7. The highest BCUT2D eigenvalue weighted by atomic mass is 16.6. The van der Waals surface area contributed by atoms with Crippen LogP contribution in [0.15, 0.2) is 53.3 Å². The number of amides is 1. The molecule has 0 aliphatic carbocycles. The van der Waals surface area contributed by atoms with Gasteiger partial charge in [0.05, 0.1) is 7.11 Å². The van der Waals surface area contributed by atoms with Crippen LogP contribution in [0.1, 0.15) is 26.5 Å². The number of nitrogens with zero attached hydrogens (tertiary/aromatic N) is 1. The molecule has 0 saturated heterocycles. The second-order valence-corrected chi connectivity index (χ2v) is 8.19. The van der Waals surface area contributed by atoms with Gasteiger partial charge in [0.15, 0.2) is 0 Å². The summed E-state index contributed by atoms with van der Waals surface area (Å²) < 4.78 is 12.3. The average molecular weight is 424 g/mol. The van der Waals surface area contributed by atoms with Crippen LogP contribution in [0.4, 0.5) is 4.79 Å². The number of hydrogen-bond acceptors (Lipinski definition) is 5. The average Bonchev–Trinajstić information content (AvgIpc) is 2.73. The van der Waals surface area contributed by atoms with Crippen molar-refractivity contribution in [3.63, 3.8) is 0 Å². The number of aromatic nitrogens is 1. The van der Waals surface area contributed by atoms with Gasteiger partial charge in [-0.1, -0.05) is 30.3 Å². The number of benzene rings is 2. The third-order valence-corrected chi connectivity index (χ3v) is 4.85. The van der Waals surface area contributed by atoms with Crippen molar-refractivity contribution in [2.75, 3.05) is 13.7 Å². The van der Waals surface area contributed by atoms with Crippen molar-refractivity contribution in [3.8, 4) is 16.9 Å². The molecule has 2 aromatic carbocycles. The van der Waals surface area contributed by atoms with Crippen LogP contribution in [0.25, 0.3) is 21.9 Å². The lowest BCUT2D eigenvalue weighted by molar-refractivity contribution is 0.0526. The number of hydrogen-bond donors (Lipinski definition) is 2. The summed E-state index contributed by atoms with van der Waals surface area (Å²) in [6, 6.07) is 15.2. The Morgan fingerprint density at radius 1 is 1.10 bits per heavy atom. The molecule has 0 aliphatic heterocycles. The summed E-state index contributed by atoms with van der Waals surface area (Å²) in [4.78, 5) is 25.3. The normalized spacial score (nSPS) is 11.4. The van der Waals surface area contributed by atoms with E-state index in [0.717, 1.165) is 16.5 Å². The molecule has 0 bridgehead atoms. The number of nitrogens with two attached hydrogens (primary N) is 1. The first-order valence-electron chi connectivity index (χ1n) is 10.2. The van der Waals surface area contributed by atoms with Gasteiger partial charge >= 0.3 is 6.09 Å². The summed E-state index contributed by atoms with van der Waals surface area (Å²) in [6.45, 7) is 6.07. The quantitative estimate of drug-likeness (QED) is 0.631. The minimum absolute atomic E-state index is 0.163. The molecule has 1 amide bonds. The van der Waals surface area contributed by atoms with Gasteiger partial charge < -0.3 is 25.1 Å². The number of methoxy groups -OCH3 is 1. The van der Waals surface area contributed by atoms with Crippen molar-refractivity contribution in [1.82, 2.24) is 9.88 Å². The van der Waals surface area contributed by atoms with Crippen LogP contribution in [0, 0.1) is 0 Å². The maximum atomic E-state index is 13.3. The highest BCUT2D eigenvalue weighted by molar-refractivity contribution is 5.98. The van der Waals surface area contributed by atoms with Crippen molar-refractivity contribution in [3.05, 3.63) is 64.6 Å². The van der Waals surface area contributed by atoms with Crippen LogP contribution < -0.4 is 21.3 Å².